The van der Waals surface area contributed by atoms with Crippen molar-refractivity contribution in [3.8, 4) is 10.9 Å². The van der Waals surface area contributed by atoms with E-state index in [0.29, 0.717) is 17.1 Å². The fourth-order valence-electron chi connectivity index (χ4n) is 4.36. The van der Waals surface area contributed by atoms with E-state index < -0.39 is 0 Å². The van der Waals surface area contributed by atoms with E-state index in [1.54, 1.807) is 11.3 Å². The van der Waals surface area contributed by atoms with Crippen LogP contribution in [0.25, 0.3) is 10.2 Å². The standard InChI is InChI=1S/C23H25N3O2S/c27-22-6-3-13-26(22)18-11-14-25(15-12-18)16-17-7-9-19(10-8-17)28-23-24-20-4-1-2-5-21(20)29-23/h1-2,4-5,7-10,18H,3,6,11-16H2. The van der Waals surface area contributed by atoms with Gasteiger partial charge in [-0.05, 0) is 49.1 Å². The third-order valence-electron chi connectivity index (χ3n) is 5.92. The summed E-state index contributed by atoms with van der Waals surface area (Å²) in [5.41, 5.74) is 2.26. The number of hydrogen-bond acceptors (Lipinski definition) is 5. The van der Waals surface area contributed by atoms with Crippen LogP contribution >= 0.6 is 11.3 Å². The second-order valence-electron chi connectivity index (χ2n) is 7.89. The number of benzene rings is 2. The van der Waals surface area contributed by atoms with E-state index in [-0.39, 0.29) is 0 Å². The van der Waals surface area contributed by atoms with Crippen LogP contribution in [0.3, 0.4) is 0 Å². The maximum absolute atomic E-state index is 12.0. The number of carbonyl (C=O) groups excluding carboxylic acids is 1. The van der Waals surface area contributed by atoms with Crippen LogP contribution in [0.1, 0.15) is 31.2 Å². The van der Waals surface area contributed by atoms with Gasteiger partial charge >= 0.3 is 0 Å². The zero-order chi connectivity index (χ0) is 19.6. The normalized spacial score (nSPS) is 18.6. The zero-order valence-corrected chi connectivity index (χ0v) is 17.2. The van der Waals surface area contributed by atoms with Crippen molar-refractivity contribution in [1.82, 2.24) is 14.8 Å². The largest absolute Gasteiger partial charge is 0.431 e. The molecule has 0 aliphatic carbocycles. The lowest BCUT2D eigenvalue weighted by Gasteiger charge is -2.36. The minimum absolute atomic E-state index is 0.354. The summed E-state index contributed by atoms with van der Waals surface area (Å²) in [6.07, 6.45) is 3.95. The highest BCUT2D eigenvalue weighted by Crippen LogP contribution is 2.31. The highest BCUT2D eigenvalue weighted by molar-refractivity contribution is 7.20. The van der Waals surface area contributed by atoms with Crippen molar-refractivity contribution in [3.05, 3.63) is 54.1 Å². The Morgan fingerprint density at radius 3 is 2.55 bits per heavy atom. The number of thiazole rings is 1. The summed E-state index contributed by atoms with van der Waals surface area (Å²) >= 11 is 1.57. The lowest BCUT2D eigenvalue weighted by Crippen LogP contribution is -2.45. The molecule has 0 spiro atoms. The second-order valence-corrected chi connectivity index (χ2v) is 8.88. The number of ether oxygens (including phenoxy) is 1. The first-order chi connectivity index (χ1) is 14.2. The molecule has 5 rings (SSSR count). The van der Waals surface area contributed by atoms with Gasteiger partial charge in [0, 0.05) is 38.6 Å². The molecular formula is C23H25N3O2S. The molecule has 2 saturated heterocycles. The van der Waals surface area contributed by atoms with Crippen molar-refractivity contribution < 1.29 is 9.53 Å². The molecule has 150 valence electrons. The van der Waals surface area contributed by atoms with Crippen LogP contribution in [0, 0.1) is 0 Å². The van der Waals surface area contributed by atoms with Crippen LogP contribution in [-0.4, -0.2) is 46.4 Å². The van der Waals surface area contributed by atoms with Gasteiger partial charge in [-0.25, -0.2) is 4.98 Å². The molecule has 2 aliphatic heterocycles. The monoisotopic (exact) mass is 407 g/mol. The molecule has 29 heavy (non-hydrogen) atoms. The summed E-state index contributed by atoms with van der Waals surface area (Å²) < 4.78 is 7.08. The Hall–Kier alpha value is -2.44. The quantitative estimate of drug-likeness (QED) is 0.616. The second kappa shape index (κ2) is 8.13. The van der Waals surface area contributed by atoms with E-state index in [9.17, 15) is 4.79 Å². The van der Waals surface area contributed by atoms with Crippen LogP contribution in [0.15, 0.2) is 48.5 Å². The van der Waals surface area contributed by atoms with E-state index in [0.717, 1.165) is 67.8 Å². The average molecular weight is 408 g/mol. The summed E-state index contributed by atoms with van der Waals surface area (Å²) in [6.45, 7) is 4.01. The molecule has 3 aromatic rings. The molecule has 0 bridgehead atoms. The van der Waals surface area contributed by atoms with Gasteiger partial charge in [0.2, 0.25) is 5.91 Å². The van der Waals surface area contributed by atoms with Gasteiger partial charge in [0.15, 0.2) is 0 Å². The topological polar surface area (TPSA) is 45.7 Å². The van der Waals surface area contributed by atoms with Crippen LogP contribution < -0.4 is 4.74 Å². The first kappa shape index (κ1) is 18.6. The first-order valence-electron chi connectivity index (χ1n) is 10.4. The highest BCUT2D eigenvalue weighted by Gasteiger charge is 2.30. The fraction of sp³-hybridized carbons (Fsp3) is 0.391. The molecule has 0 radical (unpaired) electrons. The van der Waals surface area contributed by atoms with Crippen LogP contribution in [-0.2, 0) is 11.3 Å². The minimum Gasteiger partial charge on any atom is -0.431 e. The van der Waals surface area contributed by atoms with E-state index in [1.807, 2.05) is 30.3 Å². The van der Waals surface area contributed by atoms with E-state index in [1.165, 1.54) is 5.56 Å². The molecule has 2 aromatic carbocycles. The van der Waals surface area contributed by atoms with Gasteiger partial charge < -0.3 is 9.64 Å². The lowest BCUT2D eigenvalue weighted by atomic mass is 10.0. The molecule has 2 aliphatic rings. The van der Waals surface area contributed by atoms with Crippen molar-refractivity contribution in [1.29, 1.82) is 0 Å². The minimum atomic E-state index is 0.354. The Kier molecular flexibility index (Phi) is 5.21. The summed E-state index contributed by atoms with van der Waals surface area (Å²) in [5, 5.41) is 0.678. The smallest absolute Gasteiger partial charge is 0.279 e. The molecule has 0 N–H and O–H groups in total. The Bertz CT molecular complexity index is 960. The molecule has 1 aromatic heterocycles. The Balaban J connectivity index is 1.15. The number of fused-ring (bicyclic) bond motifs is 1. The SMILES string of the molecule is O=C1CCCN1C1CCN(Cc2ccc(Oc3nc4ccccc4s3)cc2)CC1. The Morgan fingerprint density at radius 2 is 1.83 bits per heavy atom. The first-order valence-corrected chi connectivity index (χ1v) is 11.2. The predicted molar refractivity (Wildman–Crippen MR) is 115 cm³/mol. The van der Waals surface area contributed by atoms with Crippen molar-refractivity contribution in [2.24, 2.45) is 0 Å². The average Bonchev–Trinajstić information content (AvgIpc) is 3.35. The van der Waals surface area contributed by atoms with Gasteiger partial charge in [0.25, 0.3) is 5.19 Å². The van der Waals surface area contributed by atoms with Gasteiger partial charge in [-0.1, -0.05) is 35.6 Å². The summed E-state index contributed by atoms with van der Waals surface area (Å²) in [6, 6.07) is 16.9. The molecule has 0 unspecified atom stereocenters. The molecule has 2 fully saturated rings. The van der Waals surface area contributed by atoms with Gasteiger partial charge in [-0.3, -0.25) is 9.69 Å². The third kappa shape index (κ3) is 4.14. The summed E-state index contributed by atoms with van der Waals surface area (Å²) in [7, 11) is 0. The van der Waals surface area contributed by atoms with Crippen molar-refractivity contribution in [2.75, 3.05) is 19.6 Å². The van der Waals surface area contributed by atoms with Crippen molar-refractivity contribution in [2.45, 2.75) is 38.3 Å². The van der Waals surface area contributed by atoms with Crippen molar-refractivity contribution >= 4 is 27.5 Å². The van der Waals surface area contributed by atoms with E-state index >= 15 is 0 Å². The Labute approximate surface area is 174 Å². The number of amides is 1. The molecule has 0 atom stereocenters. The van der Waals surface area contributed by atoms with Gasteiger partial charge in [0.1, 0.15) is 5.75 Å². The Morgan fingerprint density at radius 1 is 1.03 bits per heavy atom. The number of nitrogens with zero attached hydrogens (tertiary/aromatic N) is 3. The number of rotatable bonds is 5. The van der Waals surface area contributed by atoms with Gasteiger partial charge in [-0.15, -0.1) is 0 Å². The maximum atomic E-state index is 12.0. The molecular weight excluding hydrogens is 382 g/mol. The van der Waals surface area contributed by atoms with Crippen LogP contribution in [0.4, 0.5) is 0 Å². The number of piperidine rings is 1. The number of hydrogen-bond donors (Lipinski definition) is 0. The summed E-state index contributed by atoms with van der Waals surface area (Å²) in [4.78, 5) is 21.1. The number of aromatic nitrogens is 1. The zero-order valence-electron chi connectivity index (χ0n) is 16.4. The molecule has 1 amide bonds. The maximum Gasteiger partial charge on any atom is 0.279 e. The highest BCUT2D eigenvalue weighted by atomic mass is 32.1. The van der Waals surface area contributed by atoms with Gasteiger partial charge in [-0.2, -0.15) is 0 Å². The summed E-state index contributed by atoms with van der Waals surface area (Å²) in [5.74, 6) is 1.17. The number of carbonyl (C=O) groups is 1. The van der Waals surface area contributed by atoms with E-state index in [4.69, 9.17) is 4.74 Å². The molecule has 5 nitrogen and oxygen atoms in total. The van der Waals surface area contributed by atoms with Crippen LogP contribution in [0.5, 0.6) is 10.9 Å². The predicted octanol–water partition coefficient (Wildman–Crippen LogP) is 4.68. The number of para-hydroxylation sites is 1. The number of likely N-dealkylation sites (tertiary alicyclic amines) is 2. The molecule has 3 heterocycles. The van der Waals surface area contributed by atoms with E-state index in [2.05, 4.69) is 33.0 Å². The third-order valence-corrected chi connectivity index (χ3v) is 6.83. The molecule has 6 heteroatoms. The van der Waals surface area contributed by atoms with Gasteiger partial charge in [0.05, 0.1) is 10.2 Å². The lowest BCUT2D eigenvalue weighted by molar-refractivity contribution is -0.130. The van der Waals surface area contributed by atoms with Crippen molar-refractivity contribution in [3.63, 3.8) is 0 Å². The molecule has 0 saturated carbocycles. The fourth-order valence-corrected chi connectivity index (χ4v) is 5.20. The van der Waals surface area contributed by atoms with Crippen LogP contribution in [0.2, 0.25) is 0 Å².